The third-order valence-electron chi connectivity index (χ3n) is 11.4. The molecule has 438 valence electrons. The lowest BCUT2D eigenvalue weighted by molar-refractivity contribution is -0.161. The van der Waals surface area contributed by atoms with Crippen molar-refractivity contribution in [3.05, 3.63) is 158 Å². The van der Waals surface area contributed by atoms with E-state index in [-0.39, 0.29) is 19.3 Å². The van der Waals surface area contributed by atoms with Gasteiger partial charge in [-0.05, 0) is 128 Å². The zero-order valence-corrected chi connectivity index (χ0v) is 49.2. The quantitative estimate of drug-likeness (QED) is 0.0197. The van der Waals surface area contributed by atoms with E-state index in [0.29, 0.717) is 25.7 Å². The van der Waals surface area contributed by atoms with Crippen molar-refractivity contribution in [2.75, 3.05) is 26.4 Å². The van der Waals surface area contributed by atoms with Gasteiger partial charge in [-0.1, -0.05) is 211 Å². The number of allylic oxidation sites excluding steroid dienone is 26. The Hall–Kier alpha value is -4.90. The van der Waals surface area contributed by atoms with Crippen LogP contribution < -0.4 is 0 Å². The fourth-order valence-corrected chi connectivity index (χ4v) is 7.88. The van der Waals surface area contributed by atoms with Crippen LogP contribution in [0.25, 0.3) is 0 Å². The Morgan fingerprint density at radius 3 is 1.06 bits per heavy atom. The number of hydrogen-bond acceptors (Lipinski definition) is 10. The zero-order chi connectivity index (χ0) is 56.9. The van der Waals surface area contributed by atoms with E-state index in [9.17, 15) is 28.9 Å². The molecule has 0 rings (SSSR count). The molecule has 0 bridgehead atoms. The average molecular weight is 1100 g/mol. The third kappa shape index (κ3) is 55.8. The number of aliphatic hydroxyl groups excluding tert-OH is 1. The molecule has 0 aliphatic heterocycles. The second-order valence-corrected chi connectivity index (χ2v) is 20.1. The number of carbonyl (C=O) groups excluding carboxylic acids is 3. The summed E-state index contributed by atoms with van der Waals surface area (Å²) in [6.45, 7) is 4.14. The van der Waals surface area contributed by atoms with Gasteiger partial charge >= 0.3 is 25.7 Å². The van der Waals surface area contributed by atoms with Crippen molar-refractivity contribution in [2.45, 2.75) is 213 Å². The molecule has 2 N–H and O–H groups in total. The number of unbranched alkanes of at least 4 members (excludes halogenated alkanes) is 9. The average Bonchev–Trinajstić information content (AvgIpc) is 3.43. The molecule has 0 aliphatic rings. The topological polar surface area (TPSA) is 155 Å². The molecule has 12 heteroatoms. The predicted molar refractivity (Wildman–Crippen MR) is 325 cm³/mol. The van der Waals surface area contributed by atoms with Crippen LogP contribution >= 0.6 is 7.82 Å². The number of rotatable bonds is 52. The Labute approximate surface area is 473 Å². The molecule has 0 radical (unpaired) electrons. The summed E-state index contributed by atoms with van der Waals surface area (Å²) >= 11 is 0. The van der Waals surface area contributed by atoms with Crippen LogP contribution in [0.4, 0.5) is 0 Å². The first-order chi connectivity index (χ1) is 38.2. The van der Waals surface area contributed by atoms with E-state index in [1.165, 1.54) is 6.42 Å². The van der Waals surface area contributed by atoms with Crippen molar-refractivity contribution in [3.8, 4) is 0 Å². The van der Waals surface area contributed by atoms with E-state index >= 15 is 0 Å². The summed E-state index contributed by atoms with van der Waals surface area (Å²) in [6, 6.07) is 0. The lowest BCUT2D eigenvalue weighted by atomic mass is 10.1. The predicted octanol–water partition coefficient (Wildman–Crippen LogP) is 17.7. The summed E-state index contributed by atoms with van der Waals surface area (Å²) in [5, 5.41) is 9.83. The summed E-state index contributed by atoms with van der Waals surface area (Å²) in [4.78, 5) is 48.6. The number of aliphatic hydroxyl groups is 1. The Kier molecular flexibility index (Phi) is 54.6. The van der Waals surface area contributed by atoms with Gasteiger partial charge in [0.05, 0.1) is 19.8 Å². The Bertz CT molecular complexity index is 1910. The van der Waals surface area contributed by atoms with Gasteiger partial charge in [0.15, 0.2) is 6.10 Å². The summed E-state index contributed by atoms with van der Waals surface area (Å²) in [5.41, 5.74) is 0. The molecule has 0 aliphatic carbocycles. The molecule has 3 atom stereocenters. The fourth-order valence-electron chi connectivity index (χ4n) is 7.09. The van der Waals surface area contributed by atoms with Crippen LogP contribution in [0.3, 0.4) is 0 Å². The van der Waals surface area contributed by atoms with Gasteiger partial charge in [-0.25, -0.2) is 4.57 Å². The van der Waals surface area contributed by atoms with E-state index < -0.39 is 64.4 Å². The maximum absolute atomic E-state index is 12.9. The van der Waals surface area contributed by atoms with E-state index in [0.717, 1.165) is 128 Å². The molecule has 0 saturated carbocycles. The minimum absolute atomic E-state index is 0.0232. The highest BCUT2D eigenvalue weighted by atomic mass is 31.2. The second kappa shape index (κ2) is 58.3. The number of phosphoric ester groups is 1. The summed E-state index contributed by atoms with van der Waals surface area (Å²) < 4.78 is 39.4. The van der Waals surface area contributed by atoms with E-state index in [2.05, 4.69) is 167 Å². The van der Waals surface area contributed by atoms with Crippen molar-refractivity contribution < 1.29 is 52.2 Å². The standard InChI is InChI=1S/C66H103O11P/c1-4-7-10-13-16-19-22-25-28-30-31-33-36-39-42-45-48-51-54-57-66(70)77-63(59-73-64(68)55-52-49-46-43-40-37-34-27-24-21-18-15-12-9-6-3)61-75-78(71,72)74-60-62(58-67)76-65(69)56-53-50-47-44-41-38-35-32-29-26-23-20-17-14-11-8-5-2/h7-12,16-21,25-29,31,33-34,39-40,42-43,48,51,62-63,67H,4-6,13-15,22-24,30,32,35-38,41,44-47,49-50,52-61H2,1-3H3,(H,71,72)/b10-7-,11-8-,12-9-,19-16-,20-17-,21-18-,28-25-,29-26-,33-31-,34-27-,42-39-,43-40-,51-48-. The van der Waals surface area contributed by atoms with Crippen LogP contribution in [-0.4, -0.2) is 66.5 Å². The van der Waals surface area contributed by atoms with Crippen molar-refractivity contribution in [2.24, 2.45) is 0 Å². The molecule has 11 nitrogen and oxygen atoms in total. The lowest BCUT2D eigenvalue weighted by Gasteiger charge is -2.21. The van der Waals surface area contributed by atoms with Crippen molar-refractivity contribution in [3.63, 3.8) is 0 Å². The normalized spacial score (nSPS) is 14.5. The first-order valence-corrected chi connectivity index (χ1v) is 30.9. The van der Waals surface area contributed by atoms with Crippen LogP contribution in [0.1, 0.15) is 201 Å². The molecule has 0 aromatic rings. The highest BCUT2D eigenvalue weighted by Gasteiger charge is 2.28. The minimum Gasteiger partial charge on any atom is -0.462 e. The number of phosphoric acid groups is 1. The minimum atomic E-state index is -4.79. The summed E-state index contributed by atoms with van der Waals surface area (Å²) in [5.74, 6) is -1.65. The van der Waals surface area contributed by atoms with Crippen molar-refractivity contribution >= 4 is 25.7 Å². The molecule has 0 spiro atoms. The van der Waals surface area contributed by atoms with Crippen LogP contribution in [-0.2, 0) is 42.2 Å². The van der Waals surface area contributed by atoms with Gasteiger partial charge in [0, 0.05) is 19.3 Å². The number of carbonyl (C=O) groups is 3. The molecule has 0 fully saturated rings. The largest absolute Gasteiger partial charge is 0.472 e. The molecule has 0 heterocycles. The molecule has 3 unspecified atom stereocenters. The van der Waals surface area contributed by atoms with E-state index in [1.807, 2.05) is 12.2 Å². The first-order valence-electron chi connectivity index (χ1n) is 29.4. The monoisotopic (exact) mass is 1100 g/mol. The molecule has 0 saturated heterocycles. The van der Waals surface area contributed by atoms with Crippen LogP contribution in [0, 0.1) is 0 Å². The maximum Gasteiger partial charge on any atom is 0.472 e. The Morgan fingerprint density at radius 1 is 0.359 bits per heavy atom. The summed E-state index contributed by atoms with van der Waals surface area (Å²) in [7, 11) is -4.79. The van der Waals surface area contributed by atoms with Crippen LogP contribution in [0.5, 0.6) is 0 Å². The molecule has 0 amide bonds. The van der Waals surface area contributed by atoms with E-state index in [1.54, 1.807) is 0 Å². The lowest BCUT2D eigenvalue weighted by Crippen LogP contribution is -2.30. The van der Waals surface area contributed by atoms with Gasteiger partial charge in [-0.2, -0.15) is 0 Å². The third-order valence-corrected chi connectivity index (χ3v) is 12.4. The zero-order valence-electron chi connectivity index (χ0n) is 48.3. The van der Waals surface area contributed by atoms with Gasteiger partial charge < -0.3 is 24.2 Å². The van der Waals surface area contributed by atoms with E-state index in [4.69, 9.17) is 23.3 Å². The van der Waals surface area contributed by atoms with Crippen molar-refractivity contribution in [1.29, 1.82) is 0 Å². The highest BCUT2D eigenvalue weighted by Crippen LogP contribution is 2.43. The molecular formula is C66H103O11P. The smallest absolute Gasteiger partial charge is 0.462 e. The van der Waals surface area contributed by atoms with Crippen molar-refractivity contribution in [1.82, 2.24) is 0 Å². The SMILES string of the molecule is CC/C=C\C/C=C\C/C=C\C/C=C\C/C=C\C/C=C\CCC(=O)OC(COC(=O)CCCC/C=C\C/C=C\C/C=C\C/C=C\CC)COP(=O)(O)OCC(CO)OC(=O)CCCCCCCCC/C=C\C/C=C\C/C=C\CC. The number of hydrogen-bond donors (Lipinski definition) is 2. The maximum atomic E-state index is 12.9. The van der Waals surface area contributed by atoms with Gasteiger partial charge in [-0.3, -0.25) is 23.4 Å². The molecule has 78 heavy (non-hydrogen) atoms. The number of esters is 3. The Morgan fingerprint density at radius 2 is 0.654 bits per heavy atom. The Balaban J connectivity index is 4.90. The fraction of sp³-hybridized carbons (Fsp3) is 0.561. The molecule has 0 aromatic heterocycles. The van der Waals surface area contributed by atoms with Crippen LogP contribution in [0.15, 0.2) is 158 Å². The summed E-state index contributed by atoms with van der Waals surface area (Å²) in [6.07, 6.45) is 76.5. The molecular weight excluding hydrogens is 1000 g/mol. The molecule has 0 aromatic carbocycles. The van der Waals surface area contributed by atoms with Crippen LogP contribution in [0.2, 0.25) is 0 Å². The van der Waals surface area contributed by atoms with Gasteiger partial charge in [-0.15, -0.1) is 0 Å². The van der Waals surface area contributed by atoms with Gasteiger partial charge in [0.2, 0.25) is 0 Å². The highest BCUT2D eigenvalue weighted by molar-refractivity contribution is 7.47. The van der Waals surface area contributed by atoms with Gasteiger partial charge in [0.1, 0.15) is 12.7 Å². The number of ether oxygens (including phenoxy) is 3. The second-order valence-electron chi connectivity index (χ2n) is 18.7. The first kappa shape index (κ1) is 73.1. The van der Waals surface area contributed by atoms with Gasteiger partial charge in [0.25, 0.3) is 0 Å².